The van der Waals surface area contributed by atoms with E-state index in [9.17, 15) is 9.18 Å². The Morgan fingerprint density at radius 2 is 1.81 bits per heavy atom. The van der Waals surface area contributed by atoms with E-state index in [0.29, 0.717) is 36.2 Å². The number of benzene rings is 2. The second-order valence-electron chi connectivity index (χ2n) is 6.45. The Kier molecular flexibility index (Phi) is 7.56. The number of carbonyl (C=O) groups is 1. The van der Waals surface area contributed by atoms with Gasteiger partial charge >= 0.3 is 0 Å². The second-order valence-corrected chi connectivity index (χ2v) is 6.45. The van der Waals surface area contributed by atoms with Crippen LogP contribution in [0.5, 0.6) is 5.88 Å². The average Bonchev–Trinajstić information content (AvgIpc) is 2.77. The maximum atomic E-state index is 14.3. The van der Waals surface area contributed by atoms with Crippen LogP contribution in [-0.4, -0.2) is 31.2 Å². The zero-order valence-electron chi connectivity index (χ0n) is 17.0. The number of aromatic nitrogens is 1. The summed E-state index contributed by atoms with van der Waals surface area (Å²) in [5.74, 6) is -0.239. The van der Waals surface area contributed by atoms with Crippen LogP contribution in [0.25, 0.3) is 0 Å². The summed E-state index contributed by atoms with van der Waals surface area (Å²) in [7, 11) is 1.60. The van der Waals surface area contributed by atoms with Crippen LogP contribution < -0.4 is 20.7 Å². The molecular formula is C23H23FN4O3. The summed E-state index contributed by atoms with van der Waals surface area (Å²) < 4.78 is 24.7. The first-order chi connectivity index (χ1) is 15.1. The maximum Gasteiger partial charge on any atom is 0.247 e. The van der Waals surface area contributed by atoms with Gasteiger partial charge in [0.1, 0.15) is 12.4 Å². The van der Waals surface area contributed by atoms with Gasteiger partial charge < -0.3 is 25.4 Å². The molecule has 0 bridgehead atoms. The highest BCUT2D eigenvalue weighted by atomic mass is 19.1. The highest BCUT2D eigenvalue weighted by Crippen LogP contribution is 2.27. The minimum atomic E-state index is -0.411. The fraction of sp³-hybridized carbons (Fsp3) is 0.130. The number of anilines is 5. The predicted octanol–water partition coefficient (Wildman–Crippen LogP) is 4.86. The molecule has 0 saturated carbocycles. The van der Waals surface area contributed by atoms with Gasteiger partial charge in [-0.2, -0.15) is 0 Å². The van der Waals surface area contributed by atoms with Gasteiger partial charge in [-0.25, -0.2) is 9.37 Å². The number of halogens is 1. The van der Waals surface area contributed by atoms with Crippen molar-refractivity contribution in [3.8, 4) is 5.88 Å². The van der Waals surface area contributed by atoms with Gasteiger partial charge in [-0.3, -0.25) is 4.79 Å². The van der Waals surface area contributed by atoms with Crippen LogP contribution in [0.15, 0.2) is 73.4 Å². The molecule has 31 heavy (non-hydrogen) atoms. The molecule has 1 aromatic heterocycles. The number of nitrogens with one attached hydrogen (secondary N) is 3. The minimum Gasteiger partial charge on any atom is -0.475 e. The molecule has 1 heterocycles. The van der Waals surface area contributed by atoms with E-state index >= 15 is 0 Å². The molecule has 0 aliphatic carbocycles. The lowest BCUT2D eigenvalue weighted by Gasteiger charge is -2.13. The number of rotatable bonds is 10. The normalized spacial score (nSPS) is 10.3. The lowest BCUT2D eigenvalue weighted by atomic mass is 10.2. The topological polar surface area (TPSA) is 84.5 Å². The molecule has 0 fully saturated rings. The molecule has 1 amide bonds. The van der Waals surface area contributed by atoms with Crippen molar-refractivity contribution in [3.63, 3.8) is 0 Å². The molecular weight excluding hydrogens is 399 g/mol. The van der Waals surface area contributed by atoms with Gasteiger partial charge in [-0.1, -0.05) is 12.6 Å². The molecule has 3 aromatic rings. The largest absolute Gasteiger partial charge is 0.475 e. The Bertz CT molecular complexity index is 1040. The summed E-state index contributed by atoms with van der Waals surface area (Å²) in [6.07, 6.45) is 2.81. The Balaban J connectivity index is 1.68. The Morgan fingerprint density at radius 1 is 1.03 bits per heavy atom. The van der Waals surface area contributed by atoms with Crippen molar-refractivity contribution in [2.75, 3.05) is 36.3 Å². The van der Waals surface area contributed by atoms with Gasteiger partial charge in [-0.15, -0.1) is 0 Å². The van der Waals surface area contributed by atoms with Gasteiger partial charge in [-0.05, 0) is 48.5 Å². The van der Waals surface area contributed by atoms with E-state index < -0.39 is 5.82 Å². The molecule has 0 spiro atoms. The Morgan fingerprint density at radius 3 is 2.55 bits per heavy atom. The predicted molar refractivity (Wildman–Crippen MR) is 120 cm³/mol. The quantitative estimate of drug-likeness (QED) is 0.320. The number of nitrogens with zero attached hydrogens (tertiary/aromatic N) is 1. The second kappa shape index (κ2) is 10.7. The van der Waals surface area contributed by atoms with E-state index in [1.807, 2.05) is 6.07 Å². The van der Waals surface area contributed by atoms with Crippen LogP contribution in [0.4, 0.5) is 32.8 Å². The number of pyridine rings is 1. The van der Waals surface area contributed by atoms with E-state index in [1.165, 1.54) is 12.1 Å². The molecule has 0 aliphatic heterocycles. The number of amides is 1. The van der Waals surface area contributed by atoms with Crippen LogP contribution in [0.3, 0.4) is 0 Å². The summed E-state index contributed by atoms with van der Waals surface area (Å²) in [6.45, 7) is 4.32. The molecule has 3 N–H and O–H groups in total. The maximum absolute atomic E-state index is 14.3. The van der Waals surface area contributed by atoms with Crippen LogP contribution in [0.1, 0.15) is 0 Å². The van der Waals surface area contributed by atoms with Gasteiger partial charge in [0.2, 0.25) is 11.8 Å². The van der Waals surface area contributed by atoms with Crippen molar-refractivity contribution in [3.05, 3.63) is 79.3 Å². The molecule has 3 rings (SSSR count). The fourth-order valence-corrected chi connectivity index (χ4v) is 2.66. The highest BCUT2D eigenvalue weighted by Gasteiger charge is 2.07. The van der Waals surface area contributed by atoms with Crippen molar-refractivity contribution >= 4 is 34.3 Å². The lowest BCUT2D eigenvalue weighted by molar-refractivity contribution is -0.111. The van der Waals surface area contributed by atoms with Crippen molar-refractivity contribution in [2.45, 2.75) is 0 Å². The van der Waals surface area contributed by atoms with Crippen molar-refractivity contribution in [2.24, 2.45) is 0 Å². The first kappa shape index (κ1) is 21.8. The third-order valence-corrected chi connectivity index (χ3v) is 4.12. The molecule has 0 unspecified atom stereocenters. The number of carbonyl (C=O) groups excluding carboxylic acids is 1. The highest BCUT2D eigenvalue weighted by molar-refractivity contribution is 5.99. The number of hydrogen-bond donors (Lipinski definition) is 3. The van der Waals surface area contributed by atoms with E-state index in [-0.39, 0.29) is 11.6 Å². The van der Waals surface area contributed by atoms with Crippen LogP contribution in [0, 0.1) is 5.82 Å². The van der Waals surface area contributed by atoms with Crippen molar-refractivity contribution in [1.82, 2.24) is 4.98 Å². The van der Waals surface area contributed by atoms with Gasteiger partial charge in [0, 0.05) is 30.2 Å². The zero-order valence-corrected chi connectivity index (χ0v) is 17.0. The van der Waals surface area contributed by atoms with E-state index in [2.05, 4.69) is 27.5 Å². The summed E-state index contributed by atoms with van der Waals surface area (Å²) in [4.78, 5) is 15.7. The number of ether oxygens (including phenoxy) is 2. The number of methoxy groups -OCH3 is 1. The van der Waals surface area contributed by atoms with Crippen LogP contribution >= 0.6 is 0 Å². The summed E-state index contributed by atoms with van der Waals surface area (Å²) >= 11 is 0. The summed E-state index contributed by atoms with van der Waals surface area (Å²) in [5, 5.41) is 8.88. The number of hydrogen-bond acceptors (Lipinski definition) is 6. The monoisotopic (exact) mass is 422 g/mol. The van der Waals surface area contributed by atoms with Crippen LogP contribution in [0.2, 0.25) is 0 Å². The average molecular weight is 422 g/mol. The van der Waals surface area contributed by atoms with Gasteiger partial charge in [0.15, 0.2) is 0 Å². The smallest absolute Gasteiger partial charge is 0.247 e. The zero-order chi connectivity index (χ0) is 22.1. The molecule has 0 atom stereocenters. The molecule has 8 heteroatoms. The van der Waals surface area contributed by atoms with Crippen molar-refractivity contribution in [1.29, 1.82) is 0 Å². The lowest BCUT2D eigenvalue weighted by Crippen LogP contribution is -2.07. The minimum absolute atomic E-state index is 0.282. The first-order valence-electron chi connectivity index (χ1n) is 9.52. The molecule has 0 aliphatic rings. The molecule has 0 radical (unpaired) electrons. The third-order valence-electron chi connectivity index (χ3n) is 4.12. The van der Waals surface area contributed by atoms with Crippen LogP contribution in [-0.2, 0) is 9.53 Å². The van der Waals surface area contributed by atoms with Crippen molar-refractivity contribution < 1.29 is 18.7 Å². The third kappa shape index (κ3) is 6.55. The van der Waals surface area contributed by atoms with E-state index in [1.54, 1.807) is 55.8 Å². The molecule has 2 aromatic carbocycles. The molecule has 0 saturated heterocycles. The Hall–Kier alpha value is -3.91. The summed E-state index contributed by atoms with van der Waals surface area (Å²) in [6, 6.07) is 15.2. The van der Waals surface area contributed by atoms with E-state index in [0.717, 1.165) is 5.69 Å². The van der Waals surface area contributed by atoms with E-state index in [4.69, 9.17) is 9.47 Å². The summed E-state index contributed by atoms with van der Waals surface area (Å²) in [5.41, 5.74) is 2.88. The fourth-order valence-electron chi connectivity index (χ4n) is 2.66. The molecule has 7 nitrogen and oxygen atoms in total. The first-order valence-corrected chi connectivity index (χ1v) is 9.52. The Labute approximate surface area is 179 Å². The standard InChI is InChI=1S/C23H23FN4O3/c1-3-22(29)28-17-6-4-5-16(13-17)27-21-14-18(7-9-20(21)24)26-19-8-10-23(25-15-19)31-12-11-30-2/h3-10,13-15,26-27H,1,11-12H2,2H3,(H,28,29). The van der Waals surface area contributed by atoms with Gasteiger partial charge in [0.25, 0.3) is 0 Å². The SMILES string of the molecule is C=CC(=O)Nc1cccc(Nc2cc(Nc3ccc(OCCOC)nc3)ccc2F)c1. The molecule has 160 valence electrons. The van der Waals surface area contributed by atoms with Gasteiger partial charge in [0.05, 0.1) is 24.2 Å².